The second kappa shape index (κ2) is 7.15. The minimum atomic E-state index is -3.78. The molecule has 2 N–H and O–H groups in total. The lowest BCUT2D eigenvalue weighted by molar-refractivity contribution is 0.211. The highest BCUT2D eigenvalue weighted by atomic mass is 31.2. The summed E-state index contributed by atoms with van der Waals surface area (Å²) in [6.45, 7) is 5.74. The zero-order valence-corrected chi connectivity index (χ0v) is 10.7. The summed E-state index contributed by atoms with van der Waals surface area (Å²) < 4.78 is 16.2. The lowest BCUT2D eigenvalue weighted by Gasteiger charge is -2.17. The maximum Gasteiger partial charge on any atom is 0.371 e. The monoisotopic (exact) mass is 235 g/mol. The summed E-state index contributed by atoms with van der Waals surface area (Å²) >= 11 is 0. The molecule has 90 valence electrons. The van der Waals surface area contributed by atoms with Crippen molar-refractivity contribution in [2.75, 3.05) is 6.61 Å². The highest BCUT2D eigenvalue weighted by Crippen LogP contribution is 2.43. The molecular weight excluding hydrogens is 213 g/mol. The highest BCUT2D eigenvalue weighted by Gasteiger charge is 2.23. The zero-order chi connectivity index (χ0) is 11.9. The minimum Gasteiger partial charge on any atom is -0.320 e. The minimum absolute atomic E-state index is 0.278. The van der Waals surface area contributed by atoms with Gasteiger partial charge >= 0.3 is 7.60 Å². The van der Waals surface area contributed by atoms with Crippen LogP contribution in [0.25, 0.3) is 0 Å². The largest absolute Gasteiger partial charge is 0.371 e. The van der Waals surface area contributed by atoms with Crippen molar-refractivity contribution < 1.29 is 14.0 Å². The summed E-state index contributed by atoms with van der Waals surface area (Å²) in [6, 6.07) is 0. The number of rotatable bonds is 8. The van der Waals surface area contributed by atoms with E-state index in [2.05, 4.69) is 6.92 Å². The lowest BCUT2D eigenvalue weighted by Crippen LogP contribution is -2.09. The molecule has 0 spiro atoms. The van der Waals surface area contributed by atoms with Gasteiger partial charge in [0, 0.05) is 0 Å². The van der Waals surface area contributed by atoms with E-state index in [4.69, 9.17) is 9.93 Å². The van der Waals surface area contributed by atoms with Crippen molar-refractivity contribution in [1.82, 2.24) is 0 Å². The summed E-state index contributed by atoms with van der Waals surface area (Å²) in [5.41, 5.74) is -0.284. The second-order valence-electron chi connectivity index (χ2n) is 3.82. The Balaban J connectivity index is 4.00. The average Bonchev–Trinajstić information content (AvgIpc) is 2.18. The number of unbranched alkanes of at least 4 members (excludes halogenated alkanes) is 1. The molecule has 0 amide bonds. The first-order chi connectivity index (χ1) is 6.94. The molecule has 4 nitrogen and oxygen atoms in total. The fourth-order valence-electron chi connectivity index (χ4n) is 1.20. The molecule has 0 fully saturated rings. The number of nitrogens with one attached hydrogen (secondary N) is 1. The third-order valence-corrected chi connectivity index (χ3v) is 3.80. The van der Waals surface area contributed by atoms with Crippen LogP contribution in [0.15, 0.2) is 0 Å². The fourth-order valence-corrected chi connectivity index (χ4v) is 1.81. The number of hydrogen-bond donors (Lipinski definition) is 2. The van der Waals surface area contributed by atoms with Gasteiger partial charge in [-0.15, -0.1) is 0 Å². The van der Waals surface area contributed by atoms with E-state index < -0.39 is 7.60 Å². The van der Waals surface area contributed by atoms with Crippen LogP contribution in [0.5, 0.6) is 0 Å². The molecule has 5 heteroatoms. The Hall–Kier alpha value is -0.180. The van der Waals surface area contributed by atoms with Gasteiger partial charge in [-0.05, 0) is 19.3 Å². The van der Waals surface area contributed by atoms with Crippen molar-refractivity contribution in [3.05, 3.63) is 0 Å². The molecule has 0 aromatic carbocycles. The van der Waals surface area contributed by atoms with Gasteiger partial charge in [0.1, 0.15) is 5.45 Å². The SMILES string of the molecule is CCCCC(CC)COP(=O)(O)C(C)=N. The van der Waals surface area contributed by atoms with Crippen LogP contribution in [0.1, 0.15) is 46.5 Å². The van der Waals surface area contributed by atoms with Gasteiger partial charge < -0.3 is 9.42 Å². The average molecular weight is 235 g/mol. The molecule has 2 unspecified atom stereocenters. The molecule has 0 saturated heterocycles. The Kier molecular flexibility index (Phi) is 7.07. The van der Waals surface area contributed by atoms with E-state index in [-0.39, 0.29) is 12.1 Å². The standard InChI is InChI=1S/C10H22NO3P/c1-4-6-7-10(5-2)8-14-15(12,13)9(3)11/h10-11H,4-8H2,1-3H3,(H,12,13). The van der Waals surface area contributed by atoms with Crippen LogP contribution in [0.3, 0.4) is 0 Å². The van der Waals surface area contributed by atoms with E-state index in [0.29, 0.717) is 5.92 Å². The zero-order valence-electron chi connectivity index (χ0n) is 9.82. The molecule has 0 aliphatic heterocycles. The Labute approximate surface area is 92.1 Å². The van der Waals surface area contributed by atoms with Crippen molar-refractivity contribution in [3.8, 4) is 0 Å². The van der Waals surface area contributed by atoms with E-state index in [9.17, 15) is 9.46 Å². The van der Waals surface area contributed by atoms with Gasteiger partial charge in [0.2, 0.25) is 0 Å². The smallest absolute Gasteiger partial charge is 0.320 e. The summed E-state index contributed by atoms with van der Waals surface area (Å²) in [5.74, 6) is 0.324. The van der Waals surface area contributed by atoms with Crippen LogP contribution in [0, 0.1) is 11.3 Å². The summed E-state index contributed by atoms with van der Waals surface area (Å²) in [6.07, 6.45) is 4.19. The topological polar surface area (TPSA) is 70.4 Å². The third kappa shape index (κ3) is 6.08. The normalized spacial score (nSPS) is 17.1. The van der Waals surface area contributed by atoms with Gasteiger partial charge in [-0.25, -0.2) is 0 Å². The van der Waals surface area contributed by atoms with Crippen molar-refractivity contribution in [3.63, 3.8) is 0 Å². The highest BCUT2D eigenvalue weighted by molar-refractivity contribution is 7.71. The molecule has 0 aliphatic carbocycles. The summed E-state index contributed by atoms with van der Waals surface area (Å²) in [5, 5.41) is 7.10. The van der Waals surface area contributed by atoms with E-state index in [1.807, 2.05) is 6.92 Å². The Morgan fingerprint density at radius 2 is 2.13 bits per heavy atom. The van der Waals surface area contributed by atoms with E-state index in [0.717, 1.165) is 25.7 Å². The maximum absolute atomic E-state index is 11.3. The fraction of sp³-hybridized carbons (Fsp3) is 0.900. The third-order valence-electron chi connectivity index (χ3n) is 2.45. The summed E-state index contributed by atoms with van der Waals surface area (Å²) in [7, 11) is -3.78. The van der Waals surface area contributed by atoms with Crippen LogP contribution >= 0.6 is 7.60 Å². The van der Waals surface area contributed by atoms with E-state index in [1.54, 1.807) is 0 Å². The van der Waals surface area contributed by atoms with Gasteiger partial charge in [-0.2, -0.15) is 0 Å². The van der Waals surface area contributed by atoms with Crippen LogP contribution < -0.4 is 0 Å². The first-order valence-corrected chi connectivity index (χ1v) is 7.04. The van der Waals surface area contributed by atoms with Crippen molar-refractivity contribution in [2.45, 2.75) is 46.5 Å². The predicted molar refractivity (Wildman–Crippen MR) is 62.5 cm³/mol. The molecular formula is C10H22NO3P. The second-order valence-corrected chi connectivity index (χ2v) is 5.79. The van der Waals surface area contributed by atoms with Crippen LogP contribution in [-0.4, -0.2) is 17.0 Å². The molecule has 15 heavy (non-hydrogen) atoms. The molecule has 0 heterocycles. The molecule has 0 aromatic heterocycles. The van der Waals surface area contributed by atoms with Crippen LogP contribution in [0.2, 0.25) is 0 Å². The van der Waals surface area contributed by atoms with Gasteiger partial charge in [0.15, 0.2) is 0 Å². The van der Waals surface area contributed by atoms with Crippen molar-refractivity contribution in [1.29, 1.82) is 5.41 Å². The van der Waals surface area contributed by atoms with Gasteiger partial charge in [-0.1, -0.05) is 33.1 Å². The molecule has 2 atom stereocenters. The van der Waals surface area contributed by atoms with Crippen molar-refractivity contribution in [2.24, 2.45) is 5.92 Å². The number of hydrogen-bond acceptors (Lipinski definition) is 3. The first-order valence-electron chi connectivity index (χ1n) is 5.47. The Morgan fingerprint density at radius 1 is 1.53 bits per heavy atom. The predicted octanol–water partition coefficient (Wildman–Crippen LogP) is 3.40. The van der Waals surface area contributed by atoms with Crippen molar-refractivity contribution >= 4 is 13.0 Å². The molecule has 0 radical (unpaired) electrons. The van der Waals surface area contributed by atoms with Gasteiger partial charge in [0.05, 0.1) is 6.61 Å². The maximum atomic E-state index is 11.3. The molecule has 0 rings (SSSR count). The Morgan fingerprint density at radius 3 is 2.53 bits per heavy atom. The van der Waals surface area contributed by atoms with Crippen LogP contribution in [0.4, 0.5) is 0 Å². The van der Waals surface area contributed by atoms with Crippen LogP contribution in [-0.2, 0) is 9.09 Å². The lowest BCUT2D eigenvalue weighted by atomic mass is 10.0. The van der Waals surface area contributed by atoms with Gasteiger partial charge in [-0.3, -0.25) is 9.97 Å². The first kappa shape index (κ1) is 14.8. The summed E-state index contributed by atoms with van der Waals surface area (Å²) in [4.78, 5) is 9.27. The quantitative estimate of drug-likeness (QED) is 0.500. The molecule has 0 bridgehead atoms. The van der Waals surface area contributed by atoms with E-state index >= 15 is 0 Å². The van der Waals surface area contributed by atoms with E-state index in [1.165, 1.54) is 6.92 Å². The molecule has 0 aromatic rings. The molecule has 0 aliphatic rings. The molecule has 0 saturated carbocycles. The van der Waals surface area contributed by atoms with Gasteiger partial charge in [0.25, 0.3) is 0 Å². The Bertz CT molecular complexity index is 243.